The van der Waals surface area contributed by atoms with Crippen LogP contribution in [-0.4, -0.2) is 57.3 Å². The molecule has 192 valence electrons. The van der Waals surface area contributed by atoms with E-state index in [9.17, 15) is 19.8 Å². The molecule has 0 unspecified atom stereocenters. The van der Waals surface area contributed by atoms with Crippen LogP contribution >= 0.6 is 0 Å². The van der Waals surface area contributed by atoms with Gasteiger partial charge >= 0.3 is 6.09 Å². The Morgan fingerprint density at radius 2 is 1.65 bits per heavy atom. The summed E-state index contributed by atoms with van der Waals surface area (Å²) in [7, 11) is 0. The summed E-state index contributed by atoms with van der Waals surface area (Å²) in [5.41, 5.74) is 3.25. The number of aromatic nitrogens is 1. The van der Waals surface area contributed by atoms with Crippen molar-refractivity contribution in [2.24, 2.45) is 5.92 Å². The van der Waals surface area contributed by atoms with Crippen LogP contribution in [0.4, 0.5) is 4.79 Å². The second-order valence-corrected chi connectivity index (χ2v) is 9.48. The average Bonchev–Trinajstić information content (AvgIpc) is 3.31. The van der Waals surface area contributed by atoms with Crippen molar-refractivity contribution in [1.29, 1.82) is 0 Å². The van der Waals surface area contributed by atoms with Crippen molar-refractivity contribution in [1.82, 2.24) is 15.2 Å². The molecule has 0 fully saturated rings. The number of hydrogen-bond donors (Lipinski definition) is 3. The Morgan fingerprint density at radius 3 is 2.30 bits per heavy atom. The van der Waals surface area contributed by atoms with Crippen LogP contribution in [0.3, 0.4) is 0 Å². The number of fused-ring (bicyclic) bond motifs is 1. The van der Waals surface area contributed by atoms with E-state index in [0.717, 1.165) is 11.1 Å². The van der Waals surface area contributed by atoms with E-state index in [4.69, 9.17) is 4.42 Å². The zero-order chi connectivity index (χ0) is 26.4. The van der Waals surface area contributed by atoms with Gasteiger partial charge in [0.15, 0.2) is 5.58 Å². The number of carboxylic acid groups (broad SMARTS) is 1. The first-order chi connectivity index (χ1) is 17.8. The molecule has 1 heterocycles. The molecule has 4 aromatic rings. The number of nitrogens with zero attached hydrogens (tertiary/aromatic N) is 2. The van der Waals surface area contributed by atoms with Gasteiger partial charge in [0.2, 0.25) is 5.89 Å². The van der Waals surface area contributed by atoms with Crippen molar-refractivity contribution in [2.75, 3.05) is 13.1 Å². The Morgan fingerprint density at radius 1 is 0.973 bits per heavy atom. The maximum absolute atomic E-state index is 13.6. The van der Waals surface area contributed by atoms with Gasteiger partial charge in [0.25, 0.3) is 5.91 Å². The van der Waals surface area contributed by atoms with Gasteiger partial charge in [-0.2, -0.15) is 0 Å². The lowest BCUT2D eigenvalue weighted by Gasteiger charge is -2.31. The molecule has 8 nitrogen and oxygen atoms in total. The number of carbonyl (C=O) groups excluding carboxylic acids is 1. The first-order valence-corrected chi connectivity index (χ1v) is 12.3. The van der Waals surface area contributed by atoms with E-state index in [1.165, 1.54) is 0 Å². The van der Waals surface area contributed by atoms with Crippen molar-refractivity contribution in [3.63, 3.8) is 0 Å². The molecule has 0 bridgehead atoms. The predicted octanol–water partition coefficient (Wildman–Crippen LogP) is 4.83. The number of hydrogen-bond acceptors (Lipinski definition) is 5. The van der Waals surface area contributed by atoms with Crippen LogP contribution in [0, 0.1) is 5.92 Å². The number of carbonyl (C=O) groups is 2. The summed E-state index contributed by atoms with van der Waals surface area (Å²) in [6.45, 7) is 4.33. The Bertz CT molecular complexity index is 1340. The number of aliphatic hydroxyl groups excluding tert-OH is 1. The van der Waals surface area contributed by atoms with Gasteiger partial charge in [0.05, 0.1) is 12.1 Å². The minimum absolute atomic E-state index is 0.0293. The van der Waals surface area contributed by atoms with Gasteiger partial charge in [-0.1, -0.05) is 62.4 Å². The first kappa shape index (κ1) is 25.9. The third-order valence-electron chi connectivity index (χ3n) is 6.01. The molecule has 3 N–H and O–H groups in total. The summed E-state index contributed by atoms with van der Waals surface area (Å²) in [5, 5.41) is 22.8. The quantitative estimate of drug-likeness (QED) is 0.287. The first-order valence-electron chi connectivity index (χ1n) is 12.3. The maximum Gasteiger partial charge on any atom is 0.404 e. The molecule has 1 aromatic heterocycles. The number of nitrogens with one attached hydrogen (secondary N) is 1. The summed E-state index contributed by atoms with van der Waals surface area (Å²) >= 11 is 0. The van der Waals surface area contributed by atoms with Crippen LogP contribution in [-0.2, 0) is 6.42 Å². The van der Waals surface area contributed by atoms with E-state index in [1.807, 2.05) is 74.5 Å². The van der Waals surface area contributed by atoms with Crippen LogP contribution in [0.25, 0.3) is 22.6 Å². The van der Waals surface area contributed by atoms with Crippen molar-refractivity contribution < 1.29 is 24.2 Å². The van der Waals surface area contributed by atoms with Gasteiger partial charge in [0, 0.05) is 24.2 Å². The van der Waals surface area contributed by atoms with Gasteiger partial charge in [-0.3, -0.25) is 4.79 Å². The van der Waals surface area contributed by atoms with Crippen LogP contribution < -0.4 is 5.32 Å². The van der Waals surface area contributed by atoms with Gasteiger partial charge in [0.1, 0.15) is 5.52 Å². The summed E-state index contributed by atoms with van der Waals surface area (Å²) in [4.78, 5) is 31.1. The van der Waals surface area contributed by atoms with Crippen LogP contribution in [0.5, 0.6) is 0 Å². The monoisotopic (exact) mass is 501 g/mol. The van der Waals surface area contributed by atoms with Gasteiger partial charge < -0.3 is 24.8 Å². The molecule has 8 heteroatoms. The second-order valence-electron chi connectivity index (χ2n) is 9.48. The lowest BCUT2D eigenvalue weighted by atomic mass is 10.00. The molecule has 2 amide bonds. The normalized spacial score (nSPS) is 12.9. The number of aliphatic hydroxyl groups is 1. The number of amides is 2. The molecule has 3 aromatic carbocycles. The standard InChI is InChI=1S/C29H31N3O5/c1-19(2)17-32(18-25(33)24(31-29(35)36)15-20-9-5-3-6-10-20)28(34)22-13-14-23-26(16-22)37-27(30-23)21-11-7-4-8-12-21/h3-14,16,19,24-25,31,33H,15,17-18H2,1-2H3,(H,35,36)/t24-,25+/m0/s1. The summed E-state index contributed by atoms with van der Waals surface area (Å²) in [6, 6.07) is 23.2. The number of benzene rings is 3. The molecule has 0 aliphatic heterocycles. The summed E-state index contributed by atoms with van der Waals surface area (Å²) in [5.74, 6) is 0.328. The third kappa shape index (κ3) is 6.74. The van der Waals surface area contributed by atoms with E-state index in [0.29, 0.717) is 35.5 Å². The van der Waals surface area contributed by atoms with E-state index in [-0.39, 0.29) is 18.4 Å². The smallest absolute Gasteiger partial charge is 0.404 e. The summed E-state index contributed by atoms with van der Waals surface area (Å²) < 4.78 is 5.93. The van der Waals surface area contributed by atoms with E-state index >= 15 is 0 Å². The molecular formula is C29H31N3O5. The fraction of sp³-hybridized carbons (Fsp3) is 0.276. The molecule has 0 saturated carbocycles. The van der Waals surface area contributed by atoms with Crippen molar-refractivity contribution >= 4 is 23.1 Å². The molecule has 0 aliphatic carbocycles. The van der Waals surface area contributed by atoms with Gasteiger partial charge in [-0.15, -0.1) is 0 Å². The van der Waals surface area contributed by atoms with Crippen LogP contribution in [0.2, 0.25) is 0 Å². The lowest BCUT2D eigenvalue weighted by molar-refractivity contribution is 0.0509. The molecule has 0 aliphatic rings. The van der Waals surface area contributed by atoms with Crippen molar-refractivity contribution in [3.8, 4) is 11.5 Å². The third-order valence-corrected chi connectivity index (χ3v) is 6.01. The molecule has 37 heavy (non-hydrogen) atoms. The molecule has 2 atom stereocenters. The highest BCUT2D eigenvalue weighted by Gasteiger charge is 2.27. The average molecular weight is 502 g/mol. The topological polar surface area (TPSA) is 116 Å². The van der Waals surface area contributed by atoms with E-state index in [2.05, 4.69) is 10.3 Å². The number of rotatable bonds is 10. The van der Waals surface area contributed by atoms with Crippen molar-refractivity contribution in [3.05, 3.63) is 90.0 Å². The molecule has 4 rings (SSSR count). The molecular weight excluding hydrogens is 470 g/mol. The van der Waals surface area contributed by atoms with Crippen LogP contribution in [0.15, 0.2) is 83.3 Å². The fourth-order valence-electron chi connectivity index (χ4n) is 4.29. The highest BCUT2D eigenvalue weighted by molar-refractivity contribution is 5.97. The van der Waals surface area contributed by atoms with Crippen molar-refractivity contribution in [2.45, 2.75) is 32.4 Å². The Balaban J connectivity index is 1.56. The maximum atomic E-state index is 13.6. The molecule has 0 radical (unpaired) electrons. The molecule has 0 spiro atoms. The highest BCUT2D eigenvalue weighted by Crippen LogP contribution is 2.25. The minimum Gasteiger partial charge on any atom is -0.465 e. The number of oxazole rings is 1. The highest BCUT2D eigenvalue weighted by atomic mass is 16.4. The van der Waals surface area contributed by atoms with Crippen LogP contribution in [0.1, 0.15) is 29.8 Å². The Kier molecular flexibility index (Phi) is 8.20. The Hall–Kier alpha value is -4.17. The fourth-order valence-corrected chi connectivity index (χ4v) is 4.29. The zero-order valence-electron chi connectivity index (χ0n) is 20.9. The van der Waals surface area contributed by atoms with E-state index in [1.54, 1.807) is 23.1 Å². The largest absolute Gasteiger partial charge is 0.465 e. The Labute approximate surface area is 215 Å². The second kappa shape index (κ2) is 11.7. The van der Waals surface area contributed by atoms with Gasteiger partial charge in [-0.05, 0) is 48.2 Å². The predicted molar refractivity (Wildman–Crippen MR) is 141 cm³/mol. The zero-order valence-corrected chi connectivity index (χ0v) is 20.9. The minimum atomic E-state index is -1.23. The summed E-state index contributed by atoms with van der Waals surface area (Å²) in [6.07, 6.45) is -2.05. The van der Waals surface area contributed by atoms with E-state index < -0.39 is 18.2 Å². The molecule has 0 saturated heterocycles. The van der Waals surface area contributed by atoms with Gasteiger partial charge in [-0.25, -0.2) is 9.78 Å². The lowest BCUT2D eigenvalue weighted by Crippen LogP contribution is -2.50. The SMILES string of the molecule is CC(C)CN(C[C@@H](O)[C@H](Cc1ccccc1)NC(=O)O)C(=O)c1ccc2nc(-c3ccccc3)oc2c1.